The topological polar surface area (TPSA) is 96.3 Å². The monoisotopic (exact) mass is 392 g/mol. The van der Waals surface area contributed by atoms with Gasteiger partial charge in [-0.2, -0.15) is 0 Å². The van der Waals surface area contributed by atoms with E-state index in [1.807, 2.05) is 0 Å². The molecule has 0 bridgehead atoms. The fourth-order valence-electron chi connectivity index (χ4n) is 3.08. The van der Waals surface area contributed by atoms with Crippen LogP contribution in [0.5, 0.6) is 0 Å². The molecule has 146 valence electrons. The average molecular weight is 393 g/mol. The number of benzene rings is 1. The molecule has 0 radical (unpaired) electrons. The normalized spacial score (nSPS) is 14.3. The van der Waals surface area contributed by atoms with Crippen LogP contribution < -0.4 is 16.0 Å². The summed E-state index contributed by atoms with van der Waals surface area (Å²) in [6.07, 6.45) is 5.15. The molecule has 0 aliphatic carbocycles. The lowest BCUT2D eigenvalue weighted by atomic mass is 9.93. The van der Waals surface area contributed by atoms with Crippen molar-refractivity contribution in [1.29, 1.82) is 0 Å². The van der Waals surface area contributed by atoms with E-state index in [-0.39, 0.29) is 24.2 Å². The first kappa shape index (κ1) is 20.9. The molecule has 1 aliphatic heterocycles. The largest absolute Gasteiger partial charge is 0.361 e. The van der Waals surface area contributed by atoms with E-state index >= 15 is 0 Å². The number of nitrogens with one attached hydrogen (secondary N) is 3. The van der Waals surface area contributed by atoms with Gasteiger partial charge in [0.25, 0.3) is 5.91 Å². The molecule has 1 saturated heterocycles. The Kier molecular flexibility index (Phi) is 7.82. The highest BCUT2D eigenvalue weighted by molar-refractivity contribution is 6.04. The number of piperidine rings is 1. The smallest absolute Gasteiger partial charge is 0.260 e. The van der Waals surface area contributed by atoms with Crippen LogP contribution in [0.4, 0.5) is 11.4 Å². The fraction of sp³-hybridized carbons (Fsp3) is 0.421. The van der Waals surface area contributed by atoms with Crippen LogP contribution >= 0.6 is 12.4 Å². The number of carbonyl (C=O) groups excluding carboxylic acids is 2. The van der Waals surface area contributed by atoms with Crippen molar-refractivity contribution in [3.8, 4) is 0 Å². The van der Waals surface area contributed by atoms with Gasteiger partial charge in [-0.3, -0.25) is 9.59 Å². The molecule has 7 nitrogen and oxygen atoms in total. The molecule has 2 aromatic rings. The number of hydrogen-bond acceptors (Lipinski definition) is 5. The second kappa shape index (κ2) is 10.1. The molecule has 3 rings (SSSR count). The lowest BCUT2D eigenvalue weighted by molar-refractivity contribution is -0.116. The Morgan fingerprint density at radius 3 is 2.37 bits per heavy atom. The van der Waals surface area contributed by atoms with Crippen molar-refractivity contribution in [2.24, 2.45) is 5.92 Å². The number of hydrogen-bond donors (Lipinski definition) is 3. The van der Waals surface area contributed by atoms with Crippen molar-refractivity contribution < 1.29 is 14.1 Å². The summed E-state index contributed by atoms with van der Waals surface area (Å²) >= 11 is 0. The zero-order chi connectivity index (χ0) is 18.4. The second-order valence-electron chi connectivity index (χ2n) is 6.61. The predicted octanol–water partition coefficient (Wildman–Crippen LogP) is 3.38. The summed E-state index contributed by atoms with van der Waals surface area (Å²) in [5.74, 6) is 0.864. The second-order valence-corrected chi connectivity index (χ2v) is 6.61. The van der Waals surface area contributed by atoms with Crippen LogP contribution in [0.25, 0.3) is 0 Å². The lowest BCUT2D eigenvalue weighted by Crippen LogP contribution is -2.28. The van der Waals surface area contributed by atoms with Crippen molar-refractivity contribution in [1.82, 2.24) is 10.5 Å². The molecular formula is C19H25ClN4O3. The maximum absolute atomic E-state index is 12.1. The molecule has 8 heteroatoms. The highest BCUT2D eigenvalue weighted by Crippen LogP contribution is 2.19. The number of rotatable bonds is 6. The van der Waals surface area contributed by atoms with Crippen LogP contribution in [0.3, 0.4) is 0 Å². The molecule has 2 amide bonds. The third-order valence-corrected chi connectivity index (χ3v) is 4.66. The van der Waals surface area contributed by atoms with Crippen molar-refractivity contribution >= 4 is 35.6 Å². The van der Waals surface area contributed by atoms with Gasteiger partial charge in [-0.1, -0.05) is 5.16 Å². The highest BCUT2D eigenvalue weighted by atomic mass is 35.5. The van der Waals surface area contributed by atoms with Gasteiger partial charge in [0, 0.05) is 17.8 Å². The Morgan fingerprint density at radius 1 is 1.15 bits per heavy atom. The van der Waals surface area contributed by atoms with Gasteiger partial charge in [-0.15, -0.1) is 12.4 Å². The molecular weight excluding hydrogens is 368 g/mol. The minimum absolute atomic E-state index is 0. The maximum Gasteiger partial charge on any atom is 0.260 e. The number of aryl methyl sites for hydroxylation is 1. The Bertz CT molecular complexity index is 755. The summed E-state index contributed by atoms with van der Waals surface area (Å²) < 4.78 is 4.89. The molecule has 1 aromatic heterocycles. The third kappa shape index (κ3) is 6.08. The lowest BCUT2D eigenvalue weighted by Gasteiger charge is -2.22. The summed E-state index contributed by atoms with van der Waals surface area (Å²) in [4.78, 5) is 24.2. The van der Waals surface area contributed by atoms with E-state index in [4.69, 9.17) is 4.52 Å². The Hall–Kier alpha value is -2.38. The number of amides is 2. The summed E-state index contributed by atoms with van der Waals surface area (Å²) in [7, 11) is 0. The third-order valence-electron chi connectivity index (χ3n) is 4.66. The SMILES string of the molecule is Cc1oncc1C(=O)Nc1ccc(NC(=O)CCC2CCNCC2)cc1.Cl. The number of carbonyl (C=O) groups is 2. The van der Waals surface area contributed by atoms with Crippen LogP contribution in [0.1, 0.15) is 41.8 Å². The zero-order valence-electron chi connectivity index (χ0n) is 15.3. The van der Waals surface area contributed by atoms with E-state index in [0.29, 0.717) is 29.3 Å². The quantitative estimate of drug-likeness (QED) is 0.700. The minimum Gasteiger partial charge on any atom is -0.361 e. The molecule has 27 heavy (non-hydrogen) atoms. The molecule has 3 N–H and O–H groups in total. The summed E-state index contributed by atoms with van der Waals surface area (Å²) in [5, 5.41) is 12.6. The van der Waals surface area contributed by atoms with Crippen molar-refractivity contribution in [3.05, 3.63) is 41.8 Å². The maximum atomic E-state index is 12.1. The van der Waals surface area contributed by atoms with Gasteiger partial charge < -0.3 is 20.5 Å². The molecule has 0 spiro atoms. The van der Waals surface area contributed by atoms with Gasteiger partial charge in [-0.25, -0.2) is 0 Å². The van der Waals surface area contributed by atoms with Crippen LogP contribution in [0.2, 0.25) is 0 Å². The fourth-order valence-corrected chi connectivity index (χ4v) is 3.08. The summed E-state index contributed by atoms with van der Waals surface area (Å²) in [6.45, 7) is 3.78. The summed E-state index contributed by atoms with van der Waals surface area (Å²) in [6, 6.07) is 7.06. The standard InChI is InChI=1S/C19H24N4O3.ClH/c1-13-17(12-21-26-13)19(25)23-16-5-3-15(4-6-16)22-18(24)7-2-14-8-10-20-11-9-14;/h3-6,12,14,20H,2,7-11H2,1H3,(H,22,24)(H,23,25);1H. The van der Waals surface area contributed by atoms with Crippen molar-refractivity contribution in [2.75, 3.05) is 23.7 Å². The van der Waals surface area contributed by atoms with Gasteiger partial charge in [0.05, 0.1) is 6.20 Å². The highest BCUT2D eigenvalue weighted by Gasteiger charge is 2.15. The summed E-state index contributed by atoms with van der Waals surface area (Å²) in [5.41, 5.74) is 1.77. The molecule has 0 atom stereocenters. The van der Waals surface area contributed by atoms with E-state index in [0.717, 1.165) is 38.0 Å². The van der Waals surface area contributed by atoms with Gasteiger partial charge in [0.2, 0.25) is 5.91 Å². The Labute approximate surface area is 164 Å². The van der Waals surface area contributed by atoms with Gasteiger partial charge >= 0.3 is 0 Å². The molecule has 1 aliphatic rings. The first-order chi connectivity index (χ1) is 12.6. The van der Waals surface area contributed by atoms with Crippen molar-refractivity contribution in [3.63, 3.8) is 0 Å². The van der Waals surface area contributed by atoms with E-state index in [1.165, 1.54) is 6.20 Å². The average Bonchev–Trinajstić information content (AvgIpc) is 3.09. The zero-order valence-corrected chi connectivity index (χ0v) is 16.1. The van der Waals surface area contributed by atoms with E-state index in [1.54, 1.807) is 31.2 Å². The Morgan fingerprint density at radius 2 is 1.78 bits per heavy atom. The molecule has 2 heterocycles. The predicted molar refractivity (Wildman–Crippen MR) is 106 cm³/mol. The number of halogens is 1. The molecule has 0 saturated carbocycles. The van der Waals surface area contributed by atoms with Crippen LogP contribution in [-0.2, 0) is 4.79 Å². The van der Waals surface area contributed by atoms with Crippen LogP contribution in [0, 0.1) is 12.8 Å². The van der Waals surface area contributed by atoms with E-state index in [2.05, 4.69) is 21.1 Å². The Balaban J connectivity index is 0.00000261. The molecule has 1 fully saturated rings. The van der Waals surface area contributed by atoms with Gasteiger partial charge in [0.15, 0.2) is 0 Å². The van der Waals surface area contributed by atoms with Crippen LogP contribution in [0.15, 0.2) is 35.0 Å². The van der Waals surface area contributed by atoms with Crippen LogP contribution in [-0.4, -0.2) is 30.1 Å². The number of aromatic nitrogens is 1. The molecule has 0 unspecified atom stereocenters. The van der Waals surface area contributed by atoms with E-state index in [9.17, 15) is 9.59 Å². The molecule has 1 aromatic carbocycles. The first-order valence-corrected chi connectivity index (χ1v) is 8.95. The van der Waals surface area contributed by atoms with Gasteiger partial charge in [-0.05, 0) is 69.5 Å². The minimum atomic E-state index is -0.275. The van der Waals surface area contributed by atoms with Gasteiger partial charge in [0.1, 0.15) is 11.3 Å². The van der Waals surface area contributed by atoms with E-state index < -0.39 is 0 Å². The first-order valence-electron chi connectivity index (χ1n) is 8.95. The number of anilines is 2. The van der Waals surface area contributed by atoms with Crippen molar-refractivity contribution in [2.45, 2.75) is 32.6 Å². The number of nitrogens with zero attached hydrogens (tertiary/aromatic N) is 1.